The molecule has 0 atom stereocenters. The molecule has 4 rings (SSSR count). The summed E-state index contributed by atoms with van der Waals surface area (Å²) in [6.45, 7) is -1.50. The van der Waals surface area contributed by atoms with Crippen LogP contribution in [0.15, 0.2) is 79.3 Å². The maximum atomic E-state index is 12.9. The summed E-state index contributed by atoms with van der Waals surface area (Å²) < 4.78 is 49.6. The second-order valence-electron chi connectivity index (χ2n) is 8.47. The lowest BCUT2D eigenvalue weighted by atomic mass is 10.0. The minimum absolute atomic E-state index is 0.0532. The number of alkyl halides is 3. The zero-order chi connectivity index (χ0) is 28.7. The van der Waals surface area contributed by atoms with Gasteiger partial charge in [-0.25, -0.2) is 9.78 Å². The van der Waals surface area contributed by atoms with E-state index < -0.39 is 18.9 Å². The molecule has 12 heteroatoms. The molecule has 0 bridgehead atoms. The summed E-state index contributed by atoms with van der Waals surface area (Å²) in [4.78, 5) is 33.1. The first kappa shape index (κ1) is 29.3. The molecule has 0 aliphatic heterocycles. The van der Waals surface area contributed by atoms with Gasteiger partial charge in [0.2, 0.25) is 5.88 Å². The molecule has 0 aliphatic carbocycles. The lowest BCUT2D eigenvalue weighted by Gasteiger charge is -2.15. The first-order chi connectivity index (χ1) is 19.1. The van der Waals surface area contributed by atoms with E-state index in [0.29, 0.717) is 16.7 Å². The van der Waals surface area contributed by atoms with Gasteiger partial charge in [0, 0.05) is 39.7 Å². The molecule has 40 heavy (non-hydrogen) atoms. The Labute approximate surface area is 245 Å². The Bertz CT molecular complexity index is 1520. The van der Waals surface area contributed by atoms with Crippen molar-refractivity contribution in [2.75, 3.05) is 11.9 Å². The van der Waals surface area contributed by atoms with Gasteiger partial charge in [-0.05, 0) is 63.5 Å². The van der Waals surface area contributed by atoms with Crippen LogP contribution in [0, 0.1) is 3.57 Å². The maximum absolute atomic E-state index is 12.9. The van der Waals surface area contributed by atoms with Crippen LogP contribution < -0.4 is 10.1 Å². The highest BCUT2D eigenvalue weighted by Gasteiger charge is 2.29. The molecule has 4 aromatic rings. The van der Waals surface area contributed by atoms with Crippen molar-refractivity contribution < 1.29 is 32.2 Å². The number of benzene rings is 2. The Balaban J connectivity index is 1.55. The summed E-state index contributed by atoms with van der Waals surface area (Å²) in [5, 5.41) is 2.64. The van der Waals surface area contributed by atoms with Crippen LogP contribution in [0.2, 0.25) is 5.02 Å². The standard InChI is InChI=1S/C28H20ClF3IN3O4/c29-23-11-19(6-7-24(23)36-27(38)39-15-17-4-2-1-3-5-17)22-8-18(12-35-26(22)40-16-28(30,31)32)9-25(37)20-10-21(33)14-34-13-20/h1-8,10-14H,9,15-16H2,(H,36,38). The van der Waals surface area contributed by atoms with E-state index in [1.807, 2.05) is 40.8 Å². The molecule has 2 aromatic carbocycles. The number of rotatable bonds is 9. The van der Waals surface area contributed by atoms with E-state index in [-0.39, 0.29) is 41.0 Å². The molecular formula is C28H20ClF3IN3O4. The van der Waals surface area contributed by atoms with Gasteiger partial charge in [-0.2, -0.15) is 13.2 Å². The highest BCUT2D eigenvalue weighted by Crippen LogP contribution is 2.35. The summed E-state index contributed by atoms with van der Waals surface area (Å²) in [6.07, 6.45) is -1.06. The fourth-order valence-electron chi connectivity index (χ4n) is 3.57. The van der Waals surface area contributed by atoms with Gasteiger partial charge >= 0.3 is 12.3 Å². The van der Waals surface area contributed by atoms with Gasteiger partial charge in [-0.1, -0.05) is 48.0 Å². The van der Waals surface area contributed by atoms with Crippen LogP contribution in [0.25, 0.3) is 11.1 Å². The van der Waals surface area contributed by atoms with Crippen molar-refractivity contribution in [3.8, 4) is 17.0 Å². The van der Waals surface area contributed by atoms with E-state index in [1.54, 1.807) is 24.4 Å². The summed E-state index contributed by atoms with van der Waals surface area (Å²) >= 11 is 8.43. The van der Waals surface area contributed by atoms with Gasteiger partial charge in [0.1, 0.15) is 6.61 Å². The van der Waals surface area contributed by atoms with Gasteiger partial charge in [0.15, 0.2) is 12.4 Å². The van der Waals surface area contributed by atoms with Gasteiger partial charge in [0.25, 0.3) is 0 Å². The van der Waals surface area contributed by atoms with Crippen molar-refractivity contribution in [1.82, 2.24) is 9.97 Å². The molecule has 0 saturated heterocycles. The molecule has 0 aliphatic rings. The Morgan fingerprint density at radius 1 is 0.975 bits per heavy atom. The topological polar surface area (TPSA) is 90.4 Å². The van der Waals surface area contributed by atoms with Crippen molar-refractivity contribution >= 4 is 51.8 Å². The molecule has 0 radical (unpaired) electrons. The number of amides is 1. The zero-order valence-corrected chi connectivity index (χ0v) is 23.5. The minimum atomic E-state index is -4.59. The average molecular weight is 682 g/mol. The lowest BCUT2D eigenvalue weighted by Crippen LogP contribution is -2.20. The largest absolute Gasteiger partial charge is 0.468 e. The molecule has 2 heterocycles. The first-order valence-electron chi connectivity index (χ1n) is 11.7. The monoisotopic (exact) mass is 681 g/mol. The van der Waals surface area contributed by atoms with Crippen LogP contribution in [-0.4, -0.2) is 34.6 Å². The number of halogens is 5. The van der Waals surface area contributed by atoms with Crippen molar-refractivity contribution in [2.45, 2.75) is 19.2 Å². The second kappa shape index (κ2) is 13.1. The molecule has 206 valence electrons. The van der Waals surface area contributed by atoms with Crippen molar-refractivity contribution in [3.63, 3.8) is 0 Å². The summed E-state index contributed by atoms with van der Waals surface area (Å²) in [6, 6.07) is 16.7. The highest BCUT2D eigenvalue weighted by molar-refractivity contribution is 14.1. The summed E-state index contributed by atoms with van der Waals surface area (Å²) in [5.74, 6) is -0.530. The molecule has 1 amide bonds. The molecular weight excluding hydrogens is 662 g/mol. The van der Waals surface area contributed by atoms with Crippen LogP contribution in [0.3, 0.4) is 0 Å². The number of ether oxygens (including phenoxy) is 2. The van der Waals surface area contributed by atoms with E-state index in [9.17, 15) is 22.8 Å². The van der Waals surface area contributed by atoms with Crippen molar-refractivity contribution in [3.05, 3.63) is 105 Å². The third-order valence-electron chi connectivity index (χ3n) is 5.40. The molecule has 0 saturated carbocycles. The summed E-state index contributed by atoms with van der Waals surface area (Å²) in [7, 11) is 0. The van der Waals surface area contributed by atoms with E-state index in [0.717, 1.165) is 9.13 Å². The number of Topliss-reactive ketones (excluding diaryl/α,β-unsaturated/α-hetero) is 1. The average Bonchev–Trinajstić information content (AvgIpc) is 2.92. The number of hydrogen-bond acceptors (Lipinski definition) is 6. The molecule has 0 spiro atoms. The third kappa shape index (κ3) is 8.39. The van der Waals surface area contributed by atoms with E-state index in [2.05, 4.69) is 15.3 Å². The van der Waals surface area contributed by atoms with Crippen LogP contribution in [0.5, 0.6) is 5.88 Å². The Kier molecular flexibility index (Phi) is 9.58. The number of anilines is 1. The van der Waals surface area contributed by atoms with Gasteiger partial charge in [-0.3, -0.25) is 15.1 Å². The minimum Gasteiger partial charge on any atom is -0.468 e. The van der Waals surface area contributed by atoms with Gasteiger partial charge in [-0.15, -0.1) is 0 Å². The smallest absolute Gasteiger partial charge is 0.422 e. The normalized spacial score (nSPS) is 11.1. The Morgan fingerprint density at radius 3 is 2.45 bits per heavy atom. The van der Waals surface area contributed by atoms with E-state index in [4.69, 9.17) is 21.1 Å². The number of nitrogens with one attached hydrogen (secondary N) is 1. The zero-order valence-electron chi connectivity index (χ0n) is 20.5. The molecule has 7 nitrogen and oxygen atoms in total. The van der Waals surface area contributed by atoms with Crippen LogP contribution in [0.4, 0.5) is 23.7 Å². The molecule has 0 fully saturated rings. The van der Waals surface area contributed by atoms with Crippen molar-refractivity contribution in [1.29, 1.82) is 0 Å². The number of pyridine rings is 2. The van der Waals surface area contributed by atoms with Crippen molar-refractivity contribution in [2.24, 2.45) is 0 Å². The fourth-order valence-corrected chi connectivity index (χ4v) is 4.29. The van der Waals surface area contributed by atoms with E-state index >= 15 is 0 Å². The number of nitrogens with zero attached hydrogens (tertiary/aromatic N) is 2. The van der Waals surface area contributed by atoms with Gasteiger partial charge < -0.3 is 9.47 Å². The Hall–Kier alpha value is -3.71. The number of carbonyl (C=O) groups is 2. The van der Waals surface area contributed by atoms with Crippen LogP contribution in [-0.2, 0) is 17.8 Å². The molecule has 2 aromatic heterocycles. The lowest BCUT2D eigenvalue weighted by molar-refractivity contribution is -0.154. The second-order valence-corrected chi connectivity index (χ2v) is 10.1. The quantitative estimate of drug-likeness (QED) is 0.145. The number of aromatic nitrogens is 2. The SMILES string of the molecule is O=C(Nc1ccc(-c2cc(CC(=O)c3cncc(I)c3)cnc2OCC(F)(F)F)cc1Cl)OCc1ccccc1. The number of carbonyl (C=O) groups excluding carboxylic acids is 2. The third-order valence-corrected chi connectivity index (χ3v) is 6.30. The predicted octanol–water partition coefficient (Wildman–Crippen LogP) is 7.52. The molecule has 1 N–H and O–H groups in total. The maximum Gasteiger partial charge on any atom is 0.422 e. The van der Waals surface area contributed by atoms with E-state index in [1.165, 1.54) is 36.7 Å². The summed E-state index contributed by atoms with van der Waals surface area (Å²) in [5.41, 5.74) is 2.42. The number of hydrogen-bond donors (Lipinski definition) is 1. The predicted molar refractivity (Wildman–Crippen MR) is 151 cm³/mol. The fraction of sp³-hybridized carbons (Fsp3) is 0.143. The highest BCUT2D eigenvalue weighted by atomic mass is 127. The van der Waals surface area contributed by atoms with Crippen LogP contribution >= 0.6 is 34.2 Å². The Morgan fingerprint density at radius 2 is 1.75 bits per heavy atom. The van der Waals surface area contributed by atoms with Crippen LogP contribution in [0.1, 0.15) is 21.5 Å². The molecule has 0 unspecified atom stereocenters. The number of ketones is 1. The van der Waals surface area contributed by atoms with Gasteiger partial charge in [0.05, 0.1) is 10.7 Å². The first-order valence-corrected chi connectivity index (χ1v) is 13.1.